The first kappa shape index (κ1) is 24.7. The van der Waals surface area contributed by atoms with E-state index in [-0.39, 0.29) is 25.0 Å². The van der Waals surface area contributed by atoms with E-state index in [1.165, 1.54) is 17.7 Å². The summed E-state index contributed by atoms with van der Waals surface area (Å²) in [6.07, 6.45) is 1.89. The van der Waals surface area contributed by atoms with Crippen molar-refractivity contribution in [2.45, 2.75) is 33.1 Å². The van der Waals surface area contributed by atoms with Gasteiger partial charge in [0, 0.05) is 18.7 Å². The molecule has 2 amide bonds. The zero-order valence-corrected chi connectivity index (χ0v) is 18.5. The highest BCUT2D eigenvalue weighted by atomic mass is 16.7. The summed E-state index contributed by atoms with van der Waals surface area (Å²) in [4.78, 5) is 35.3. The molecule has 0 atom stereocenters. The Morgan fingerprint density at radius 1 is 0.844 bits per heavy atom. The van der Waals surface area contributed by atoms with Crippen LogP contribution in [0, 0.1) is 0 Å². The molecule has 0 fully saturated rings. The Labute approximate surface area is 188 Å². The summed E-state index contributed by atoms with van der Waals surface area (Å²) in [5.74, 6) is 0.479. The summed E-state index contributed by atoms with van der Waals surface area (Å²) in [6.45, 7) is 4.80. The maximum Gasteiger partial charge on any atom is 0.513 e. The third-order valence-corrected chi connectivity index (χ3v) is 4.37. The molecule has 0 bridgehead atoms. The van der Waals surface area contributed by atoms with Crippen LogP contribution < -0.4 is 20.1 Å². The van der Waals surface area contributed by atoms with Gasteiger partial charge in [0.2, 0.25) is 0 Å². The van der Waals surface area contributed by atoms with Crippen molar-refractivity contribution in [3.8, 4) is 11.5 Å². The van der Waals surface area contributed by atoms with Gasteiger partial charge in [-0.2, -0.15) is 0 Å². The highest BCUT2D eigenvalue weighted by Crippen LogP contribution is 2.14. The van der Waals surface area contributed by atoms with Crippen molar-refractivity contribution in [2.75, 3.05) is 26.3 Å². The molecule has 0 unspecified atom stereocenters. The van der Waals surface area contributed by atoms with Crippen molar-refractivity contribution >= 4 is 18.0 Å². The normalized spacial score (nSPS) is 10.2. The summed E-state index contributed by atoms with van der Waals surface area (Å²) in [5.41, 5.74) is 1.68. The van der Waals surface area contributed by atoms with E-state index in [2.05, 4.69) is 22.3 Å². The number of hydrogen-bond donors (Lipinski definition) is 2. The van der Waals surface area contributed by atoms with Crippen LogP contribution in [-0.2, 0) is 16.0 Å². The fraction of sp³-hybridized carbons (Fsp3) is 0.375. The molecule has 0 saturated carbocycles. The molecule has 0 aliphatic carbocycles. The first-order valence-corrected chi connectivity index (χ1v) is 10.7. The maximum atomic E-state index is 12.2. The van der Waals surface area contributed by atoms with E-state index in [0.717, 1.165) is 12.8 Å². The maximum absolute atomic E-state index is 12.2. The van der Waals surface area contributed by atoms with E-state index >= 15 is 0 Å². The number of hydrogen-bond acceptors (Lipinski definition) is 6. The van der Waals surface area contributed by atoms with Gasteiger partial charge in [-0.1, -0.05) is 25.5 Å². The fourth-order valence-electron chi connectivity index (χ4n) is 2.78. The van der Waals surface area contributed by atoms with Gasteiger partial charge in [-0.3, -0.25) is 9.59 Å². The minimum absolute atomic E-state index is 0.0559. The molecule has 0 spiro atoms. The van der Waals surface area contributed by atoms with Crippen molar-refractivity contribution in [1.82, 2.24) is 10.6 Å². The first-order chi connectivity index (χ1) is 15.5. The Bertz CT molecular complexity index is 865. The lowest BCUT2D eigenvalue weighted by Gasteiger charge is -2.09. The molecule has 0 aliphatic heterocycles. The second kappa shape index (κ2) is 13.7. The monoisotopic (exact) mass is 442 g/mol. The number of benzene rings is 2. The summed E-state index contributed by atoms with van der Waals surface area (Å²) < 4.78 is 15.1. The van der Waals surface area contributed by atoms with Crippen molar-refractivity contribution in [2.24, 2.45) is 0 Å². The van der Waals surface area contributed by atoms with E-state index in [4.69, 9.17) is 9.47 Å². The van der Waals surface area contributed by atoms with Gasteiger partial charge >= 0.3 is 6.16 Å². The van der Waals surface area contributed by atoms with Crippen LogP contribution in [0.1, 0.15) is 42.6 Å². The molecular formula is C24H30N2O6. The fourth-order valence-corrected chi connectivity index (χ4v) is 2.78. The molecule has 0 saturated heterocycles. The Hall–Kier alpha value is -3.55. The van der Waals surface area contributed by atoms with E-state index in [0.29, 0.717) is 36.6 Å². The number of nitrogens with one attached hydrogen (secondary N) is 2. The topological polar surface area (TPSA) is 103 Å². The number of rotatable bonds is 12. The molecule has 0 aromatic heterocycles. The van der Waals surface area contributed by atoms with E-state index in [1.807, 2.05) is 24.3 Å². The standard InChI is InChI=1S/C24H30N2O6/c1-3-6-18-7-11-20(12-8-18)31-17-22(27)25-15-5-16-26-23(28)19-9-13-21(14-10-19)32-24(29)30-4-2/h7-14H,3-6,15-17H2,1-2H3,(H,25,27)(H,26,28). The largest absolute Gasteiger partial charge is 0.513 e. The molecule has 8 nitrogen and oxygen atoms in total. The van der Waals surface area contributed by atoms with Crippen LogP contribution in [0.25, 0.3) is 0 Å². The molecule has 0 aliphatic rings. The molecule has 32 heavy (non-hydrogen) atoms. The highest BCUT2D eigenvalue weighted by Gasteiger charge is 2.08. The zero-order chi connectivity index (χ0) is 23.2. The van der Waals surface area contributed by atoms with E-state index in [9.17, 15) is 14.4 Å². The molecule has 2 rings (SSSR count). The Kier molecular flexibility index (Phi) is 10.6. The summed E-state index contributed by atoms with van der Waals surface area (Å²) in [5, 5.41) is 5.53. The third kappa shape index (κ3) is 9.07. The number of carbonyl (C=O) groups excluding carboxylic acids is 3. The SMILES string of the molecule is CCCc1ccc(OCC(=O)NCCCNC(=O)c2ccc(OC(=O)OCC)cc2)cc1. The lowest BCUT2D eigenvalue weighted by molar-refractivity contribution is -0.123. The van der Waals surface area contributed by atoms with Crippen molar-refractivity contribution < 1.29 is 28.6 Å². The van der Waals surface area contributed by atoms with Crippen LogP contribution in [-0.4, -0.2) is 44.3 Å². The number of aryl methyl sites for hydroxylation is 1. The summed E-state index contributed by atoms with van der Waals surface area (Å²) in [6, 6.07) is 13.9. The highest BCUT2D eigenvalue weighted by molar-refractivity contribution is 5.94. The zero-order valence-electron chi connectivity index (χ0n) is 18.5. The molecule has 2 aromatic carbocycles. The van der Waals surface area contributed by atoms with Crippen molar-refractivity contribution in [3.05, 3.63) is 59.7 Å². The molecule has 172 valence electrons. The quantitative estimate of drug-likeness (QED) is 0.296. The van der Waals surface area contributed by atoms with E-state index in [1.54, 1.807) is 19.1 Å². The third-order valence-electron chi connectivity index (χ3n) is 4.37. The minimum atomic E-state index is -0.790. The van der Waals surface area contributed by atoms with Gasteiger partial charge in [0.15, 0.2) is 6.61 Å². The van der Waals surface area contributed by atoms with Crippen LogP contribution in [0.15, 0.2) is 48.5 Å². The summed E-state index contributed by atoms with van der Waals surface area (Å²) in [7, 11) is 0. The van der Waals surface area contributed by atoms with Gasteiger partial charge in [-0.05, 0) is 61.7 Å². The Morgan fingerprint density at radius 2 is 1.50 bits per heavy atom. The van der Waals surface area contributed by atoms with Crippen LogP contribution in [0.5, 0.6) is 11.5 Å². The van der Waals surface area contributed by atoms with E-state index < -0.39 is 6.16 Å². The molecule has 0 radical (unpaired) electrons. The van der Waals surface area contributed by atoms with Gasteiger partial charge in [-0.25, -0.2) is 4.79 Å². The Morgan fingerprint density at radius 3 is 2.16 bits per heavy atom. The molecule has 8 heteroatoms. The van der Waals surface area contributed by atoms with Crippen LogP contribution in [0.4, 0.5) is 4.79 Å². The lowest BCUT2D eigenvalue weighted by Crippen LogP contribution is -2.32. The molecular weight excluding hydrogens is 412 g/mol. The average molecular weight is 443 g/mol. The van der Waals surface area contributed by atoms with Crippen molar-refractivity contribution in [3.63, 3.8) is 0 Å². The van der Waals surface area contributed by atoms with Gasteiger partial charge in [0.1, 0.15) is 11.5 Å². The average Bonchev–Trinajstić information content (AvgIpc) is 2.79. The van der Waals surface area contributed by atoms with Crippen LogP contribution in [0.2, 0.25) is 0 Å². The summed E-state index contributed by atoms with van der Waals surface area (Å²) >= 11 is 0. The van der Waals surface area contributed by atoms with Crippen molar-refractivity contribution in [1.29, 1.82) is 0 Å². The number of carbonyl (C=O) groups is 3. The van der Waals surface area contributed by atoms with Gasteiger partial charge in [0.05, 0.1) is 6.61 Å². The number of ether oxygens (including phenoxy) is 3. The predicted octanol–water partition coefficient (Wildman–Crippen LogP) is 3.49. The van der Waals surface area contributed by atoms with Gasteiger partial charge < -0.3 is 24.8 Å². The second-order valence-corrected chi connectivity index (χ2v) is 6.95. The first-order valence-electron chi connectivity index (χ1n) is 10.7. The second-order valence-electron chi connectivity index (χ2n) is 6.95. The lowest BCUT2D eigenvalue weighted by atomic mass is 10.1. The molecule has 2 aromatic rings. The smallest absolute Gasteiger partial charge is 0.484 e. The number of amides is 2. The molecule has 0 heterocycles. The predicted molar refractivity (Wildman–Crippen MR) is 120 cm³/mol. The minimum Gasteiger partial charge on any atom is -0.484 e. The Balaban J connectivity index is 1.60. The van der Waals surface area contributed by atoms with Crippen LogP contribution in [0.3, 0.4) is 0 Å². The van der Waals surface area contributed by atoms with Crippen LogP contribution >= 0.6 is 0 Å². The van der Waals surface area contributed by atoms with Gasteiger partial charge in [0.25, 0.3) is 11.8 Å². The van der Waals surface area contributed by atoms with Gasteiger partial charge in [-0.15, -0.1) is 0 Å². The molecule has 2 N–H and O–H groups in total.